The van der Waals surface area contributed by atoms with Crippen LogP contribution in [0.4, 0.5) is 0 Å². The van der Waals surface area contributed by atoms with Crippen LogP contribution in [-0.4, -0.2) is 47.7 Å². The van der Waals surface area contributed by atoms with Crippen molar-refractivity contribution in [2.75, 3.05) is 19.6 Å². The predicted molar refractivity (Wildman–Crippen MR) is 77.9 cm³/mol. The number of piperidine rings is 1. The van der Waals surface area contributed by atoms with Gasteiger partial charge in [-0.1, -0.05) is 27.2 Å². The lowest BCUT2D eigenvalue weighted by molar-refractivity contribution is -0.125. The zero-order valence-electron chi connectivity index (χ0n) is 12.9. The number of aliphatic hydroxyl groups excluding tert-OH is 1. The molecule has 0 spiro atoms. The molecule has 0 saturated carbocycles. The van der Waals surface area contributed by atoms with Crippen molar-refractivity contribution in [1.29, 1.82) is 0 Å². The monoisotopic (exact) mass is 270 g/mol. The van der Waals surface area contributed by atoms with Crippen LogP contribution in [0.5, 0.6) is 0 Å². The number of rotatable bonds is 6. The van der Waals surface area contributed by atoms with Crippen molar-refractivity contribution in [3.05, 3.63) is 0 Å². The minimum Gasteiger partial charge on any atom is -0.393 e. The third-order valence-electron chi connectivity index (χ3n) is 3.94. The van der Waals surface area contributed by atoms with Crippen molar-refractivity contribution in [1.82, 2.24) is 10.2 Å². The molecule has 0 aliphatic carbocycles. The maximum absolute atomic E-state index is 11.8. The second-order valence-corrected chi connectivity index (χ2v) is 6.21. The normalized spacial score (nSPS) is 26.4. The topological polar surface area (TPSA) is 52.6 Å². The van der Waals surface area contributed by atoms with Crippen LogP contribution in [0.1, 0.15) is 47.0 Å². The van der Waals surface area contributed by atoms with E-state index in [0.29, 0.717) is 0 Å². The first-order chi connectivity index (χ1) is 8.93. The SMILES string of the molecule is CCCCN1CC(NC(=O)C(C)C)CC(C(C)O)C1. The fourth-order valence-electron chi connectivity index (χ4n) is 2.62. The summed E-state index contributed by atoms with van der Waals surface area (Å²) in [5.74, 6) is 0.408. The quantitative estimate of drug-likeness (QED) is 0.771. The Hall–Kier alpha value is -0.610. The summed E-state index contributed by atoms with van der Waals surface area (Å²) in [6, 6.07) is 0.181. The Morgan fingerprint density at radius 3 is 2.58 bits per heavy atom. The van der Waals surface area contributed by atoms with E-state index in [-0.39, 0.29) is 29.9 Å². The first-order valence-electron chi connectivity index (χ1n) is 7.64. The third-order valence-corrected chi connectivity index (χ3v) is 3.94. The molecule has 3 unspecified atom stereocenters. The van der Waals surface area contributed by atoms with E-state index in [2.05, 4.69) is 17.1 Å². The number of hydrogen-bond acceptors (Lipinski definition) is 3. The molecule has 112 valence electrons. The summed E-state index contributed by atoms with van der Waals surface area (Å²) >= 11 is 0. The Bertz CT molecular complexity index is 279. The van der Waals surface area contributed by atoms with Crippen LogP contribution in [-0.2, 0) is 4.79 Å². The predicted octanol–water partition coefficient (Wildman–Crippen LogP) is 1.63. The summed E-state index contributed by atoms with van der Waals surface area (Å²) in [7, 11) is 0. The molecule has 4 nitrogen and oxygen atoms in total. The van der Waals surface area contributed by atoms with Crippen molar-refractivity contribution in [3.8, 4) is 0 Å². The highest BCUT2D eigenvalue weighted by Crippen LogP contribution is 2.21. The largest absolute Gasteiger partial charge is 0.393 e. The summed E-state index contributed by atoms with van der Waals surface area (Å²) in [6.45, 7) is 10.8. The van der Waals surface area contributed by atoms with Gasteiger partial charge in [-0.3, -0.25) is 4.79 Å². The molecule has 3 atom stereocenters. The summed E-state index contributed by atoms with van der Waals surface area (Å²) < 4.78 is 0. The van der Waals surface area contributed by atoms with Gasteiger partial charge in [0.2, 0.25) is 5.91 Å². The summed E-state index contributed by atoms with van der Waals surface area (Å²) in [5.41, 5.74) is 0. The number of carbonyl (C=O) groups is 1. The molecule has 2 N–H and O–H groups in total. The van der Waals surface area contributed by atoms with E-state index < -0.39 is 0 Å². The van der Waals surface area contributed by atoms with Gasteiger partial charge in [0.1, 0.15) is 0 Å². The van der Waals surface area contributed by atoms with Gasteiger partial charge in [0.25, 0.3) is 0 Å². The van der Waals surface area contributed by atoms with Gasteiger partial charge in [-0.05, 0) is 32.2 Å². The maximum Gasteiger partial charge on any atom is 0.222 e. The maximum atomic E-state index is 11.8. The summed E-state index contributed by atoms with van der Waals surface area (Å²) in [4.78, 5) is 14.2. The van der Waals surface area contributed by atoms with Crippen molar-refractivity contribution in [3.63, 3.8) is 0 Å². The molecule has 1 fully saturated rings. The van der Waals surface area contributed by atoms with Crippen LogP contribution in [0, 0.1) is 11.8 Å². The smallest absolute Gasteiger partial charge is 0.222 e. The Labute approximate surface area is 117 Å². The number of hydrogen-bond donors (Lipinski definition) is 2. The zero-order chi connectivity index (χ0) is 14.4. The molecule has 0 aromatic carbocycles. The van der Waals surface area contributed by atoms with E-state index in [1.807, 2.05) is 20.8 Å². The first-order valence-corrected chi connectivity index (χ1v) is 7.64. The highest BCUT2D eigenvalue weighted by atomic mass is 16.3. The van der Waals surface area contributed by atoms with E-state index in [0.717, 1.165) is 26.1 Å². The van der Waals surface area contributed by atoms with Crippen LogP contribution < -0.4 is 5.32 Å². The molecule has 1 saturated heterocycles. The average molecular weight is 270 g/mol. The number of unbranched alkanes of at least 4 members (excludes halogenated alkanes) is 1. The number of carbonyl (C=O) groups excluding carboxylic acids is 1. The van der Waals surface area contributed by atoms with E-state index in [4.69, 9.17) is 0 Å². The fourth-order valence-corrected chi connectivity index (χ4v) is 2.62. The number of aliphatic hydroxyl groups is 1. The van der Waals surface area contributed by atoms with Gasteiger partial charge in [0.15, 0.2) is 0 Å². The average Bonchev–Trinajstić information content (AvgIpc) is 2.35. The van der Waals surface area contributed by atoms with E-state index in [1.165, 1.54) is 12.8 Å². The van der Waals surface area contributed by atoms with Crippen LogP contribution in [0.2, 0.25) is 0 Å². The van der Waals surface area contributed by atoms with Gasteiger partial charge >= 0.3 is 0 Å². The van der Waals surface area contributed by atoms with Crippen molar-refractivity contribution in [2.24, 2.45) is 11.8 Å². The van der Waals surface area contributed by atoms with Crippen molar-refractivity contribution in [2.45, 2.75) is 59.1 Å². The van der Waals surface area contributed by atoms with Crippen LogP contribution in [0.25, 0.3) is 0 Å². The van der Waals surface area contributed by atoms with E-state index >= 15 is 0 Å². The van der Waals surface area contributed by atoms with Crippen molar-refractivity contribution < 1.29 is 9.90 Å². The molecular weight excluding hydrogens is 240 g/mol. The molecule has 1 aliphatic heterocycles. The van der Waals surface area contributed by atoms with Gasteiger partial charge < -0.3 is 15.3 Å². The van der Waals surface area contributed by atoms with Gasteiger partial charge in [-0.25, -0.2) is 0 Å². The number of nitrogens with zero attached hydrogens (tertiary/aromatic N) is 1. The molecule has 19 heavy (non-hydrogen) atoms. The molecule has 1 heterocycles. The molecule has 0 bridgehead atoms. The molecule has 4 heteroatoms. The number of amides is 1. The lowest BCUT2D eigenvalue weighted by Gasteiger charge is -2.39. The minimum absolute atomic E-state index is 0.0241. The first kappa shape index (κ1) is 16.4. The zero-order valence-corrected chi connectivity index (χ0v) is 12.9. The Morgan fingerprint density at radius 2 is 2.05 bits per heavy atom. The van der Waals surface area contributed by atoms with Gasteiger partial charge in [0, 0.05) is 25.0 Å². The third kappa shape index (κ3) is 5.49. The van der Waals surface area contributed by atoms with Gasteiger partial charge in [-0.2, -0.15) is 0 Å². The van der Waals surface area contributed by atoms with Gasteiger partial charge in [-0.15, -0.1) is 0 Å². The molecule has 0 aromatic rings. The molecule has 0 radical (unpaired) electrons. The molecule has 1 rings (SSSR count). The Morgan fingerprint density at radius 1 is 1.37 bits per heavy atom. The lowest BCUT2D eigenvalue weighted by Crippen LogP contribution is -2.53. The Balaban J connectivity index is 2.56. The lowest BCUT2D eigenvalue weighted by atomic mass is 9.90. The highest BCUT2D eigenvalue weighted by molar-refractivity contribution is 5.78. The number of likely N-dealkylation sites (tertiary alicyclic amines) is 1. The molecule has 1 amide bonds. The molecule has 0 aromatic heterocycles. The number of nitrogens with one attached hydrogen (secondary N) is 1. The van der Waals surface area contributed by atoms with E-state index in [1.54, 1.807) is 0 Å². The summed E-state index contributed by atoms with van der Waals surface area (Å²) in [5, 5.41) is 13.0. The fraction of sp³-hybridized carbons (Fsp3) is 0.933. The second kappa shape index (κ2) is 7.85. The van der Waals surface area contributed by atoms with Crippen molar-refractivity contribution >= 4 is 5.91 Å². The highest BCUT2D eigenvalue weighted by Gasteiger charge is 2.30. The molecule has 1 aliphatic rings. The summed E-state index contributed by atoms with van der Waals surface area (Å²) in [6.07, 6.45) is 2.94. The van der Waals surface area contributed by atoms with Crippen LogP contribution in [0.3, 0.4) is 0 Å². The standard InChI is InChI=1S/C15H30N2O2/c1-5-6-7-17-9-13(12(4)18)8-14(10-17)16-15(19)11(2)3/h11-14,18H,5-10H2,1-4H3,(H,16,19). The molecular formula is C15H30N2O2. The minimum atomic E-state index is -0.303. The van der Waals surface area contributed by atoms with Gasteiger partial charge in [0.05, 0.1) is 6.10 Å². The second-order valence-electron chi connectivity index (χ2n) is 6.21. The van der Waals surface area contributed by atoms with Crippen LogP contribution >= 0.6 is 0 Å². The van der Waals surface area contributed by atoms with Crippen LogP contribution in [0.15, 0.2) is 0 Å². The van der Waals surface area contributed by atoms with E-state index in [9.17, 15) is 9.90 Å². The Kier molecular flexibility index (Phi) is 6.80.